The maximum atomic E-state index is 12.6. The lowest BCUT2D eigenvalue weighted by molar-refractivity contribution is -0.805. The number of fused-ring (bicyclic) bond motifs is 1. The molecule has 0 unspecified atom stereocenters. The molecule has 0 aliphatic rings. The van der Waals surface area contributed by atoms with Crippen LogP contribution in [0.3, 0.4) is 0 Å². The third kappa shape index (κ3) is 6.59. The first-order chi connectivity index (χ1) is 17.5. The van der Waals surface area contributed by atoms with Gasteiger partial charge in [0.2, 0.25) is 15.9 Å². The number of nitrogens with two attached hydrogens (primary N) is 1. The number of H-pyrrole nitrogens is 1. The Bertz CT molecular complexity index is 1470. The van der Waals surface area contributed by atoms with Gasteiger partial charge in [-0.1, -0.05) is 53.3 Å². The van der Waals surface area contributed by atoms with Gasteiger partial charge in [-0.25, -0.2) is 12.4 Å². The van der Waals surface area contributed by atoms with E-state index in [0.29, 0.717) is 30.9 Å². The number of hydrogen-bond acceptors (Lipinski definition) is 7. The van der Waals surface area contributed by atoms with E-state index in [1.165, 1.54) is 10.2 Å². The van der Waals surface area contributed by atoms with Gasteiger partial charge in [0.25, 0.3) is 0 Å². The number of amides is 1. The fourth-order valence-corrected chi connectivity index (χ4v) is 4.67. The lowest BCUT2D eigenvalue weighted by Crippen LogP contribution is -2.51. The second-order valence-corrected chi connectivity index (χ2v) is 11.4. The van der Waals surface area contributed by atoms with Gasteiger partial charge in [0.1, 0.15) is 12.6 Å². The smallest absolute Gasteiger partial charge is 0.332 e. The summed E-state index contributed by atoms with van der Waals surface area (Å²) in [4.78, 5) is 14.1. The summed E-state index contributed by atoms with van der Waals surface area (Å²) in [6.45, 7) is 4.17. The van der Waals surface area contributed by atoms with Gasteiger partial charge in [-0.3, -0.25) is 4.79 Å². The number of benzene rings is 2. The van der Waals surface area contributed by atoms with Gasteiger partial charge in [0.15, 0.2) is 0 Å². The fourth-order valence-electron chi connectivity index (χ4n) is 3.84. The number of hydrogen-bond donors (Lipinski definition) is 3. The quantitative estimate of drug-likeness (QED) is 0.249. The molecule has 12 heteroatoms. The third-order valence-electron chi connectivity index (χ3n) is 5.81. The summed E-state index contributed by atoms with van der Waals surface area (Å²) in [5.74, 6) is -0.00466. The van der Waals surface area contributed by atoms with E-state index in [2.05, 4.69) is 20.7 Å². The molecule has 4 rings (SSSR count). The minimum atomic E-state index is -3.44. The number of tetrazole rings is 1. The van der Waals surface area contributed by atoms with Crippen LogP contribution in [0.15, 0.2) is 60.8 Å². The molecule has 2 aromatic heterocycles. The zero-order valence-corrected chi connectivity index (χ0v) is 21.9. The Hall–Kier alpha value is -3.61. The predicted octanol–water partition coefficient (Wildman–Crippen LogP) is 1.21. The highest BCUT2D eigenvalue weighted by Crippen LogP contribution is 2.23. The second kappa shape index (κ2) is 10.8. The van der Waals surface area contributed by atoms with Crippen LogP contribution >= 0.6 is 0 Å². The predicted molar refractivity (Wildman–Crippen MR) is 138 cm³/mol. The van der Waals surface area contributed by atoms with Crippen molar-refractivity contribution in [1.29, 1.82) is 0 Å². The van der Waals surface area contributed by atoms with Crippen molar-refractivity contribution in [3.8, 4) is 0 Å². The summed E-state index contributed by atoms with van der Waals surface area (Å²) >= 11 is 0. The molecule has 1 amide bonds. The first kappa shape index (κ1) is 26.5. The molecule has 196 valence electrons. The van der Waals surface area contributed by atoms with Crippen molar-refractivity contribution >= 4 is 26.8 Å². The Morgan fingerprint density at radius 1 is 1.19 bits per heavy atom. The van der Waals surface area contributed by atoms with Crippen LogP contribution < -0.4 is 15.8 Å². The number of rotatable bonds is 11. The molecule has 0 fully saturated rings. The minimum Gasteiger partial charge on any atom is -0.374 e. The summed E-state index contributed by atoms with van der Waals surface area (Å²) in [6, 6.07) is 16.4. The number of nitrogens with zero attached hydrogens (tertiary/aromatic N) is 4. The normalized spacial score (nSPS) is 13.1. The lowest BCUT2D eigenvalue weighted by Gasteiger charge is -2.21. The largest absolute Gasteiger partial charge is 0.374 e. The van der Waals surface area contributed by atoms with Crippen molar-refractivity contribution in [2.75, 3.05) is 12.9 Å². The van der Waals surface area contributed by atoms with E-state index in [1.54, 1.807) is 30.9 Å². The van der Waals surface area contributed by atoms with Crippen molar-refractivity contribution in [2.24, 2.45) is 5.73 Å². The number of carbonyl (C=O) groups excluding carboxylic acids is 1. The highest BCUT2D eigenvalue weighted by molar-refractivity contribution is 7.89. The van der Waals surface area contributed by atoms with Gasteiger partial charge < -0.3 is 15.8 Å². The highest BCUT2D eigenvalue weighted by Gasteiger charge is 2.31. The van der Waals surface area contributed by atoms with Gasteiger partial charge in [-0.15, -0.1) is 0 Å². The van der Waals surface area contributed by atoms with Gasteiger partial charge in [0.05, 0.1) is 35.6 Å². The molecule has 0 spiro atoms. The van der Waals surface area contributed by atoms with Crippen molar-refractivity contribution in [1.82, 2.24) is 24.7 Å². The molecule has 0 radical (unpaired) electrons. The van der Waals surface area contributed by atoms with Gasteiger partial charge in [0, 0.05) is 18.0 Å². The van der Waals surface area contributed by atoms with E-state index in [-0.39, 0.29) is 12.5 Å². The second-order valence-electron chi connectivity index (χ2n) is 9.52. The summed E-state index contributed by atoms with van der Waals surface area (Å²) in [5.41, 5.74) is 7.39. The van der Waals surface area contributed by atoms with Gasteiger partial charge in [-0.05, 0) is 41.4 Å². The first-order valence-electron chi connectivity index (χ1n) is 11.9. The lowest BCUT2D eigenvalue weighted by atomic mass is 10.1. The van der Waals surface area contributed by atoms with Crippen molar-refractivity contribution in [2.45, 2.75) is 45.0 Å². The minimum absolute atomic E-state index is 0.149. The maximum Gasteiger partial charge on any atom is 0.332 e. The maximum absolute atomic E-state index is 12.6. The van der Waals surface area contributed by atoms with Gasteiger partial charge in [-0.2, -0.15) is 0 Å². The zero-order valence-electron chi connectivity index (χ0n) is 21.1. The Morgan fingerprint density at radius 2 is 1.89 bits per heavy atom. The number of aromatic amines is 1. The number of carbonyl (C=O) groups is 1. The average Bonchev–Trinajstić information content (AvgIpc) is 3.47. The van der Waals surface area contributed by atoms with Gasteiger partial charge >= 0.3 is 5.82 Å². The van der Waals surface area contributed by atoms with Crippen LogP contribution in [0, 0.1) is 0 Å². The van der Waals surface area contributed by atoms with E-state index >= 15 is 0 Å². The van der Waals surface area contributed by atoms with Crippen molar-refractivity contribution < 1.29 is 22.7 Å². The van der Waals surface area contributed by atoms with E-state index in [1.807, 2.05) is 48.5 Å². The van der Waals surface area contributed by atoms with E-state index in [4.69, 9.17) is 10.5 Å². The van der Waals surface area contributed by atoms with Crippen LogP contribution in [0.5, 0.6) is 0 Å². The van der Waals surface area contributed by atoms with E-state index in [9.17, 15) is 13.2 Å². The molecule has 0 saturated carbocycles. The SMILES string of the molecule is CC(C)(N)C(=O)N[C@H](COCc1ccccc1)c1n[nH][n+](CCc2cn(S(C)(=O)=O)c3ccccc23)n1. The summed E-state index contributed by atoms with van der Waals surface area (Å²) in [5, 5.41) is 15.4. The molecule has 0 bridgehead atoms. The Labute approximate surface area is 215 Å². The fraction of sp³-hybridized carbons (Fsp3) is 0.360. The molecule has 4 N–H and O–H groups in total. The first-order valence-corrected chi connectivity index (χ1v) is 13.7. The summed E-state index contributed by atoms with van der Waals surface area (Å²) in [7, 11) is -3.44. The van der Waals surface area contributed by atoms with Crippen LogP contribution in [0.2, 0.25) is 0 Å². The summed E-state index contributed by atoms with van der Waals surface area (Å²) in [6.07, 6.45) is 3.33. The standard InChI is InChI=1S/C25H31N7O4S/c1-25(2,26)24(33)27-21(17-36-16-18-9-5-4-6-10-18)23-28-30-32(29-23)14-13-19-15-31(37(3,34)35)22-12-8-7-11-20(19)22/h4-12,15,21H,13-14,16-17,26H2,1-3H3,(H,27,33)/p+1/t21-/m1/s1. The molecule has 37 heavy (non-hydrogen) atoms. The number of aryl methyl sites for hydroxylation is 2. The molecule has 1 atom stereocenters. The molecule has 0 aliphatic heterocycles. The third-order valence-corrected chi connectivity index (χ3v) is 6.83. The molecule has 2 heterocycles. The molecular weight excluding hydrogens is 494 g/mol. The number of aromatic nitrogens is 5. The topological polar surface area (TPSA) is 149 Å². The molecular formula is C25H32N7O4S+. The molecule has 0 saturated heterocycles. The molecule has 11 nitrogen and oxygen atoms in total. The van der Waals surface area contributed by atoms with Crippen molar-refractivity contribution in [3.63, 3.8) is 0 Å². The number of ether oxygens (including phenoxy) is 1. The Kier molecular flexibility index (Phi) is 7.71. The van der Waals surface area contributed by atoms with Crippen LogP contribution in [-0.2, 0) is 39.1 Å². The number of nitrogens with one attached hydrogen (secondary N) is 2. The monoisotopic (exact) mass is 526 g/mol. The van der Waals surface area contributed by atoms with Crippen LogP contribution in [-0.4, -0.2) is 52.1 Å². The van der Waals surface area contributed by atoms with Crippen LogP contribution in [0.25, 0.3) is 10.9 Å². The molecule has 0 aliphatic carbocycles. The Morgan fingerprint density at radius 3 is 2.59 bits per heavy atom. The van der Waals surface area contributed by atoms with E-state index < -0.39 is 21.6 Å². The molecule has 2 aromatic carbocycles. The Balaban J connectivity index is 1.48. The van der Waals surface area contributed by atoms with Crippen LogP contribution in [0.4, 0.5) is 0 Å². The van der Waals surface area contributed by atoms with Crippen LogP contribution in [0.1, 0.15) is 36.8 Å². The number of para-hydroxylation sites is 1. The summed E-state index contributed by atoms with van der Waals surface area (Å²) < 4.78 is 31.6. The van der Waals surface area contributed by atoms with Crippen molar-refractivity contribution in [3.05, 3.63) is 77.7 Å². The zero-order chi connectivity index (χ0) is 26.6. The average molecular weight is 527 g/mol. The van der Waals surface area contributed by atoms with E-state index in [0.717, 1.165) is 16.5 Å². The highest BCUT2D eigenvalue weighted by atomic mass is 32.2. The molecule has 4 aromatic rings.